The summed E-state index contributed by atoms with van der Waals surface area (Å²) in [6.07, 6.45) is -0.241. The molecule has 1 aromatic rings. The van der Waals surface area contributed by atoms with Crippen LogP contribution in [0, 0.1) is 15.9 Å². The van der Waals surface area contributed by atoms with Gasteiger partial charge in [0.15, 0.2) is 0 Å². The average molecular weight is 242 g/mol. The number of ether oxygens (including phenoxy) is 1. The van der Waals surface area contributed by atoms with Gasteiger partial charge < -0.3 is 10.5 Å². The van der Waals surface area contributed by atoms with E-state index in [1.54, 1.807) is 0 Å². The van der Waals surface area contributed by atoms with Crippen LogP contribution < -0.4 is 5.73 Å². The predicted molar refractivity (Wildman–Crippen MR) is 56.6 cm³/mol. The van der Waals surface area contributed by atoms with Crippen LogP contribution in [0.5, 0.6) is 0 Å². The van der Waals surface area contributed by atoms with Gasteiger partial charge in [-0.2, -0.15) is 0 Å². The number of halogens is 1. The molecule has 7 heteroatoms. The summed E-state index contributed by atoms with van der Waals surface area (Å²) in [4.78, 5) is 20.8. The molecule has 17 heavy (non-hydrogen) atoms. The zero-order chi connectivity index (χ0) is 13.0. The lowest BCUT2D eigenvalue weighted by molar-refractivity contribution is -0.385. The Hall–Kier alpha value is -2.02. The van der Waals surface area contributed by atoms with Crippen LogP contribution in [-0.4, -0.2) is 18.0 Å². The Morgan fingerprint density at radius 3 is 2.82 bits per heavy atom. The molecule has 0 aliphatic carbocycles. The number of nitrogens with two attached hydrogens (primary N) is 1. The van der Waals surface area contributed by atoms with E-state index in [0.29, 0.717) is 0 Å². The first kappa shape index (κ1) is 13.0. The monoisotopic (exact) mass is 242 g/mol. The van der Waals surface area contributed by atoms with Crippen molar-refractivity contribution in [3.8, 4) is 0 Å². The molecule has 1 rings (SSSR count). The van der Waals surface area contributed by atoms with Crippen molar-refractivity contribution in [1.29, 1.82) is 0 Å². The second-order valence-electron chi connectivity index (χ2n) is 3.35. The number of non-ortho nitro benzene ring substituents is 1. The fraction of sp³-hybridized carbons (Fsp3) is 0.300. The molecule has 0 aliphatic heterocycles. The summed E-state index contributed by atoms with van der Waals surface area (Å²) in [5.41, 5.74) is 5.22. The molecule has 0 saturated carbocycles. The van der Waals surface area contributed by atoms with Gasteiger partial charge in [0, 0.05) is 23.7 Å². The Kier molecular flexibility index (Phi) is 4.11. The molecule has 0 aromatic heterocycles. The van der Waals surface area contributed by atoms with Crippen LogP contribution in [0.2, 0.25) is 0 Å². The van der Waals surface area contributed by atoms with Crippen LogP contribution >= 0.6 is 0 Å². The number of hydrogen-bond donors (Lipinski definition) is 1. The molecule has 0 spiro atoms. The smallest absolute Gasteiger partial charge is 0.307 e. The molecular formula is C10H11FN2O4. The van der Waals surface area contributed by atoms with Gasteiger partial charge in [0.05, 0.1) is 18.5 Å². The molecule has 1 atom stereocenters. The fourth-order valence-electron chi connectivity index (χ4n) is 1.30. The van der Waals surface area contributed by atoms with Crippen molar-refractivity contribution < 1.29 is 18.8 Å². The van der Waals surface area contributed by atoms with Gasteiger partial charge >= 0.3 is 5.97 Å². The van der Waals surface area contributed by atoms with Crippen LogP contribution in [0.4, 0.5) is 10.1 Å². The van der Waals surface area contributed by atoms with E-state index in [4.69, 9.17) is 5.73 Å². The molecule has 0 unspecified atom stereocenters. The number of esters is 1. The van der Waals surface area contributed by atoms with E-state index in [9.17, 15) is 19.3 Å². The fourth-order valence-corrected chi connectivity index (χ4v) is 1.30. The number of nitrogens with zero attached hydrogens (tertiary/aromatic N) is 1. The van der Waals surface area contributed by atoms with Gasteiger partial charge in [-0.05, 0) is 6.07 Å². The summed E-state index contributed by atoms with van der Waals surface area (Å²) in [6, 6.07) is 2.03. The summed E-state index contributed by atoms with van der Waals surface area (Å²) >= 11 is 0. The Bertz CT molecular complexity index is 450. The zero-order valence-electron chi connectivity index (χ0n) is 9.05. The lowest BCUT2D eigenvalue weighted by Gasteiger charge is -2.11. The van der Waals surface area contributed by atoms with E-state index in [1.165, 1.54) is 7.11 Å². The topological polar surface area (TPSA) is 95.5 Å². The van der Waals surface area contributed by atoms with Gasteiger partial charge in [-0.25, -0.2) is 4.39 Å². The highest BCUT2D eigenvalue weighted by molar-refractivity contribution is 5.70. The van der Waals surface area contributed by atoms with Crippen LogP contribution in [0.1, 0.15) is 18.0 Å². The third kappa shape index (κ3) is 3.22. The molecule has 0 amide bonds. The summed E-state index contributed by atoms with van der Waals surface area (Å²) < 4.78 is 17.8. The SMILES string of the molecule is COC(=O)C[C@H](N)c1cc([N+](=O)[O-])ccc1F. The molecule has 2 N–H and O–H groups in total. The summed E-state index contributed by atoms with van der Waals surface area (Å²) in [5.74, 6) is -1.30. The minimum Gasteiger partial charge on any atom is -0.469 e. The molecule has 92 valence electrons. The van der Waals surface area contributed by atoms with Crippen LogP contribution in [-0.2, 0) is 9.53 Å². The van der Waals surface area contributed by atoms with Crippen molar-refractivity contribution in [3.63, 3.8) is 0 Å². The molecule has 0 heterocycles. The number of carbonyl (C=O) groups excluding carboxylic acids is 1. The molecule has 0 radical (unpaired) electrons. The summed E-state index contributed by atoms with van der Waals surface area (Å²) in [6.45, 7) is 0. The molecule has 0 saturated heterocycles. The first-order valence-corrected chi connectivity index (χ1v) is 4.72. The summed E-state index contributed by atoms with van der Waals surface area (Å²) in [5, 5.41) is 10.5. The van der Waals surface area contributed by atoms with Gasteiger partial charge in [0.25, 0.3) is 5.69 Å². The van der Waals surface area contributed by atoms with Gasteiger partial charge in [-0.3, -0.25) is 14.9 Å². The first-order chi connectivity index (χ1) is 7.95. The maximum Gasteiger partial charge on any atom is 0.307 e. The Labute approximate surface area is 96.3 Å². The second kappa shape index (κ2) is 5.35. The molecule has 0 aliphatic rings. The van der Waals surface area contributed by atoms with Gasteiger partial charge in [-0.1, -0.05) is 0 Å². The van der Waals surface area contributed by atoms with Crippen molar-refractivity contribution in [2.24, 2.45) is 5.73 Å². The lowest BCUT2D eigenvalue weighted by atomic mass is 10.0. The van der Waals surface area contributed by atoms with E-state index in [1.807, 2.05) is 0 Å². The van der Waals surface area contributed by atoms with E-state index in [-0.39, 0.29) is 17.7 Å². The highest BCUT2D eigenvalue weighted by atomic mass is 19.1. The minimum atomic E-state index is -0.970. The maximum absolute atomic E-state index is 13.4. The Morgan fingerprint density at radius 2 is 2.29 bits per heavy atom. The standard InChI is InChI=1S/C10H11FN2O4/c1-17-10(14)5-9(12)7-4-6(13(15)16)2-3-8(7)11/h2-4,9H,5,12H2,1H3/t9-/m0/s1. The van der Waals surface area contributed by atoms with E-state index >= 15 is 0 Å². The highest BCUT2D eigenvalue weighted by Gasteiger charge is 2.19. The molecular weight excluding hydrogens is 231 g/mol. The first-order valence-electron chi connectivity index (χ1n) is 4.72. The second-order valence-corrected chi connectivity index (χ2v) is 3.35. The van der Waals surface area contributed by atoms with E-state index < -0.39 is 22.8 Å². The zero-order valence-corrected chi connectivity index (χ0v) is 9.05. The van der Waals surface area contributed by atoms with Gasteiger partial charge in [-0.15, -0.1) is 0 Å². The van der Waals surface area contributed by atoms with Crippen LogP contribution in [0.25, 0.3) is 0 Å². The largest absolute Gasteiger partial charge is 0.469 e. The molecule has 1 aromatic carbocycles. The van der Waals surface area contributed by atoms with Crippen molar-refractivity contribution >= 4 is 11.7 Å². The molecule has 0 fully saturated rings. The predicted octanol–water partition coefficient (Wildman–Crippen LogP) is 1.30. The maximum atomic E-state index is 13.4. The number of rotatable bonds is 4. The molecule has 0 bridgehead atoms. The van der Waals surface area contributed by atoms with Crippen molar-refractivity contribution in [2.75, 3.05) is 7.11 Å². The van der Waals surface area contributed by atoms with E-state index in [2.05, 4.69) is 4.74 Å². The average Bonchev–Trinajstić information content (AvgIpc) is 2.28. The summed E-state index contributed by atoms with van der Waals surface area (Å²) in [7, 11) is 1.18. The Balaban J connectivity index is 2.99. The van der Waals surface area contributed by atoms with Gasteiger partial charge in [0.2, 0.25) is 0 Å². The van der Waals surface area contributed by atoms with Crippen molar-refractivity contribution in [1.82, 2.24) is 0 Å². The van der Waals surface area contributed by atoms with Crippen LogP contribution in [0.15, 0.2) is 18.2 Å². The Morgan fingerprint density at radius 1 is 1.65 bits per heavy atom. The number of hydrogen-bond acceptors (Lipinski definition) is 5. The third-order valence-corrected chi connectivity index (χ3v) is 2.20. The number of carbonyl (C=O) groups is 1. The van der Waals surface area contributed by atoms with Crippen LogP contribution in [0.3, 0.4) is 0 Å². The number of benzene rings is 1. The number of nitro benzene ring substituents is 1. The third-order valence-electron chi connectivity index (χ3n) is 2.20. The minimum absolute atomic E-state index is 0.0791. The molecule has 6 nitrogen and oxygen atoms in total. The van der Waals surface area contributed by atoms with E-state index in [0.717, 1.165) is 18.2 Å². The van der Waals surface area contributed by atoms with Crippen molar-refractivity contribution in [3.05, 3.63) is 39.7 Å². The number of nitro groups is 1. The van der Waals surface area contributed by atoms with Crippen molar-refractivity contribution in [2.45, 2.75) is 12.5 Å². The number of methoxy groups -OCH3 is 1. The quantitative estimate of drug-likeness (QED) is 0.487. The van der Waals surface area contributed by atoms with Gasteiger partial charge in [0.1, 0.15) is 5.82 Å². The highest BCUT2D eigenvalue weighted by Crippen LogP contribution is 2.23. The lowest BCUT2D eigenvalue weighted by Crippen LogP contribution is -2.17. The normalized spacial score (nSPS) is 11.9.